The lowest BCUT2D eigenvalue weighted by molar-refractivity contribution is 0.613. The van der Waals surface area contributed by atoms with E-state index in [-0.39, 0.29) is 0 Å². The fourth-order valence-electron chi connectivity index (χ4n) is 2.53. The third-order valence-electron chi connectivity index (χ3n) is 3.56. The van der Waals surface area contributed by atoms with E-state index in [0.29, 0.717) is 0 Å². The van der Waals surface area contributed by atoms with E-state index in [2.05, 4.69) is 46.4 Å². The Kier molecular flexibility index (Phi) is 4.93. The molecule has 1 aliphatic heterocycles. The molecule has 1 aromatic heterocycles. The molecule has 1 aromatic carbocycles. The molecule has 0 amide bonds. The van der Waals surface area contributed by atoms with Crippen LogP contribution < -0.4 is 5.32 Å². The second-order valence-electron chi connectivity index (χ2n) is 5.04. The Morgan fingerprint density at radius 1 is 1.33 bits per heavy atom. The second-order valence-corrected chi connectivity index (χ2v) is 7.00. The highest BCUT2D eigenvalue weighted by Crippen LogP contribution is 2.25. The number of thioether (sulfide) groups is 1. The highest BCUT2D eigenvalue weighted by atomic mass is 79.9. The number of halogens is 1. The molecule has 1 N–H and O–H groups in total. The minimum Gasteiger partial charge on any atom is -0.312 e. The van der Waals surface area contributed by atoms with Gasteiger partial charge in [-0.15, -0.1) is 11.8 Å². The van der Waals surface area contributed by atoms with Crippen LogP contribution in [-0.4, -0.2) is 16.5 Å². The first-order valence-electron chi connectivity index (χ1n) is 7.23. The summed E-state index contributed by atoms with van der Waals surface area (Å²) in [7, 11) is 0. The van der Waals surface area contributed by atoms with Crippen LogP contribution in [0.4, 0.5) is 0 Å². The smallest absolute Gasteiger partial charge is 0.139 e. The van der Waals surface area contributed by atoms with Crippen molar-refractivity contribution in [3.05, 3.63) is 51.5 Å². The van der Waals surface area contributed by atoms with Gasteiger partial charge in [0.25, 0.3) is 0 Å². The molecule has 3 nitrogen and oxygen atoms in total. The third kappa shape index (κ3) is 3.65. The van der Waals surface area contributed by atoms with Gasteiger partial charge in [0.1, 0.15) is 5.82 Å². The van der Waals surface area contributed by atoms with Crippen LogP contribution in [0.5, 0.6) is 0 Å². The molecule has 0 atom stereocenters. The second kappa shape index (κ2) is 6.90. The summed E-state index contributed by atoms with van der Waals surface area (Å²) in [4.78, 5) is 10.8. The highest BCUT2D eigenvalue weighted by Gasteiger charge is 2.16. The highest BCUT2D eigenvalue weighted by molar-refractivity contribution is 9.10. The van der Waals surface area contributed by atoms with Gasteiger partial charge in [0.05, 0.1) is 11.4 Å². The molecular weight excluding hydrogens is 346 g/mol. The molecule has 0 saturated heterocycles. The van der Waals surface area contributed by atoms with Crippen LogP contribution in [0.2, 0.25) is 0 Å². The molecule has 5 heteroatoms. The van der Waals surface area contributed by atoms with E-state index >= 15 is 0 Å². The van der Waals surface area contributed by atoms with Gasteiger partial charge < -0.3 is 5.32 Å². The van der Waals surface area contributed by atoms with Gasteiger partial charge in [-0.1, -0.05) is 28.9 Å². The number of rotatable bonds is 4. The lowest BCUT2D eigenvalue weighted by atomic mass is 10.0. The normalized spacial score (nSPS) is 14.0. The predicted molar refractivity (Wildman–Crippen MR) is 90.5 cm³/mol. The average molecular weight is 364 g/mol. The van der Waals surface area contributed by atoms with Crippen LogP contribution in [0.3, 0.4) is 0 Å². The fraction of sp³-hybridized carbons (Fsp3) is 0.375. The van der Waals surface area contributed by atoms with Crippen LogP contribution >= 0.6 is 27.7 Å². The largest absolute Gasteiger partial charge is 0.312 e. The molecule has 3 rings (SSSR count). The lowest BCUT2D eigenvalue weighted by Gasteiger charge is -2.19. The summed E-state index contributed by atoms with van der Waals surface area (Å²) >= 11 is 5.30. The summed E-state index contributed by atoms with van der Waals surface area (Å²) in [6, 6.07) is 8.36. The van der Waals surface area contributed by atoms with Crippen molar-refractivity contribution in [2.75, 3.05) is 6.54 Å². The first-order chi connectivity index (χ1) is 10.3. The molecule has 0 bridgehead atoms. The topological polar surface area (TPSA) is 37.8 Å². The van der Waals surface area contributed by atoms with Crippen molar-refractivity contribution in [3.8, 4) is 0 Å². The predicted octanol–water partition coefficient (Wildman–Crippen LogP) is 3.74. The van der Waals surface area contributed by atoms with Gasteiger partial charge in [0, 0.05) is 40.1 Å². The van der Waals surface area contributed by atoms with Crippen molar-refractivity contribution in [1.29, 1.82) is 0 Å². The lowest BCUT2D eigenvalue weighted by Crippen LogP contribution is -2.27. The van der Waals surface area contributed by atoms with Crippen LogP contribution in [0.1, 0.15) is 29.7 Å². The summed E-state index contributed by atoms with van der Waals surface area (Å²) in [5.41, 5.74) is 3.77. The van der Waals surface area contributed by atoms with E-state index in [1.807, 2.05) is 6.07 Å². The number of benzene rings is 1. The molecule has 1 aliphatic rings. The Hall–Kier alpha value is -0.910. The van der Waals surface area contributed by atoms with Gasteiger partial charge in [-0.05, 0) is 24.6 Å². The Labute approximate surface area is 138 Å². The van der Waals surface area contributed by atoms with Crippen molar-refractivity contribution in [2.45, 2.75) is 37.0 Å². The van der Waals surface area contributed by atoms with E-state index in [0.717, 1.165) is 42.0 Å². The van der Waals surface area contributed by atoms with Crippen LogP contribution in [0.15, 0.2) is 33.6 Å². The van der Waals surface area contributed by atoms with Crippen LogP contribution in [0, 0.1) is 0 Å². The summed E-state index contributed by atoms with van der Waals surface area (Å²) in [6.07, 6.45) is 1.99. The van der Waals surface area contributed by atoms with E-state index in [1.165, 1.54) is 21.8 Å². The number of nitrogens with one attached hydrogen (secondary N) is 1. The number of fused-ring (bicyclic) bond motifs is 1. The molecular formula is C16H18BrN3S. The molecule has 0 unspecified atom stereocenters. The third-order valence-corrected chi connectivity index (χ3v) is 5.05. The molecule has 0 spiro atoms. The Balaban J connectivity index is 1.79. The van der Waals surface area contributed by atoms with Gasteiger partial charge in [-0.3, -0.25) is 0 Å². The number of hydrogen-bond donors (Lipinski definition) is 1. The maximum atomic E-state index is 4.78. The van der Waals surface area contributed by atoms with Gasteiger partial charge in [0.2, 0.25) is 0 Å². The maximum Gasteiger partial charge on any atom is 0.139 e. The number of nitrogens with zero attached hydrogens (tertiary/aromatic N) is 2. The molecule has 0 fully saturated rings. The zero-order valence-electron chi connectivity index (χ0n) is 12.0. The summed E-state index contributed by atoms with van der Waals surface area (Å²) in [5, 5.41) is 3.41. The minimum absolute atomic E-state index is 0.824. The number of aromatic nitrogens is 2. The van der Waals surface area contributed by atoms with Crippen molar-refractivity contribution < 1.29 is 0 Å². The Morgan fingerprint density at radius 2 is 2.24 bits per heavy atom. The van der Waals surface area contributed by atoms with Crippen molar-refractivity contribution >= 4 is 27.7 Å². The van der Waals surface area contributed by atoms with Crippen molar-refractivity contribution in [1.82, 2.24) is 15.3 Å². The SMILES string of the molecule is CCc1nc(CSc2cccc(Br)c2)nc2c1CNCC2. The Morgan fingerprint density at radius 3 is 3.05 bits per heavy atom. The fourth-order valence-corrected chi connectivity index (χ4v) is 3.89. The van der Waals surface area contributed by atoms with Gasteiger partial charge in [-0.25, -0.2) is 9.97 Å². The molecule has 21 heavy (non-hydrogen) atoms. The summed E-state index contributed by atoms with van der Waals surface area (Å²) in [6.45, 7) is 4.10. The molecule has 2 heterocycles. The number of hydrogen-bond acceptors (Lipinski definition) is 4. The Bertz CT molecular complexity index is 628. The monoisotopic (exact) mass is 363 g/mol. The minimum atomic E-state index is 0.824. The van der Waals surface area contributed by atoms with Crippen LogP contribution in [-0.2, 0) is 25.1 Å². The summed E-state index contributed by atoms with van der Waals surface area (Å²) < 4.78 is 1.11. The molecule has 0 radical (unpaired) electrons. The van der Waals surface area contributed by atoms with Crippen molar-refractivity contribution in [2.24, 2.45) is 0 Å². The molecule has 110 valence electrons. The molecule has 0 aliphatic carbocycles. The van der Waals surface area contributed by atoms with Gasteiger partial charge in [0.15, 0.2) is 0 Å². The maximum absolute atomic E-state index is 4.78. The van der Waals surface area contributed by atoms with E-state index in [9.17, 15) is 0 Å². The average Bonchev–Trinajstić information content (AvgIpc) is 2.52. The van der Waals surface area contributed by atoms with Gasteiger partial charge >= 0.3 is 0 Å². The van der Waals surface area contributed by atoms with E-state index in [4.69, 9.17) is 9.97 Å². The first kappa shape index (κ1) is 15.0. The first-order valence-corrected chi connectivity index (χ1v) is 9.00. The zero-order chi connectivity index (χ0) is 14.7. The summed E-state index contributed by atoms with van der Waals surface area (Å²) in [5.74, 6) is 1.78. The molecule has 0 saturated carbocycles. The molecule has 2 aromatic rings. The number of aryl methyl sites for hydroxylation is 1. The van der Waals surface area contributed by atoms with E-state index < -0.39 is 0 Å². The van der Waals surface area contributed by atoms with Crippen LogP contribution in [0.25, 0.3) is 0 Å². The van der Waals surface area contributed by atoms with Gasteiger partial charge in [-0.2, -0.15) is 0 Å². The standard InChI is InChI=1S/C16H18BrN3S/c1-2-14-13-9-18-7-6-15(13)20-16(19-14)10-21-12-5-3-4-11(17)8-12/h3-5,8,18H,2,6-7,9-10H2,1H3. The van der Waals surface area contributed by atoms with E-state index in [1.54, 1.807) is 11.8 Å². The van der Waals surface area contributed by atoms with Crippen molar-refractivity contribution in [3.63, 3.8) is 0 Å². The zero-order valence-corrected chi connectivity index (χ0v) is 14.4. The quantitative estimate of drug-likeness (QED) is 0.839.